The molecule has 0 saturated carbocycles. The van der Waals surface area contributed by atoms with Crippen molar-refractivity contribution in [3.05, 3.63) is 35.5 Å². The van der Waals surface area contributed by atoms with Gasteiger partial charge in [-0.25, -0.2) is 28.0 Å². The SMILES string of the molecule is CC(C)(C)NC(=O)C(=O)N1CCN(C(=O)OC(C)(C)C)CC1.CC(C)(C)NC(=O)C(=O)N1CCN(C(=O)c2cc3cc(F)c(F)cc3[nH]2)CC1.CC(C)(C)NC(=O)C(=O)N1CCNCC1.CC(C)(C)OC(=O)N1CCN(C(=O)[C-]=O)CC1.CCOC(=O)C(=O)N1CCN(C(=O)OC(C)(C)C)CC1.[K+].[OH3+]. The monoisotopic (exact) mass is 1500 g/mol. The number of halogens is 2. The second-order valence-electron chi connectivity index (χ2n) is 30.4. The first kappa shape index (κ1) is 94.4. The quantitative estimate of drug-likeness (QED) is 0.0605. The largest absolute Gasteiger partial charge is 1.00 e. The van der Waals surface area contributed by atoms with E-state index in [1.807, 2.05) is 62.3 Å². The summed E-state index contributed by atoms with van der Waals surface area (Å²) in [5, 5.41) is 11.5. The maximum Gasteiger partial charge on any atom is 1.00 e. The number of H-pyrrole nitrogens is 1. The molecule has 5 aliphatic rings. The van der Waals surface area contributed by atoms with Crippen LogP contribution in [0.4, 0.5) is 23.2 Å². The first-order valence-corrected chi connectivity index (χ1v) is 33.8. The first-order valence-electron chi connectivity index (χ1n) is 33.8. The van der Waals surface area contributed by atoms with Gasteiger partial charge in [0, 0.05) is 164 Å². The molecule has 2 aromatic rings. The molecule has 104 heavy (non-hydrogen) atoms. The fourth-order valence-corrected chi connectivity index (χ4v) is 9.65. The average Bonchev–Trinajstić information content (AvgIpc) is 1.64. The minimum absolute atomic E-state index is 0. The summed E-state index contributed by atoms with van der Waals surface area (Å²) in [5.41, 5.74) is -2.41. The standard InChI is InChI=1S/C19H22F2N4O3.C15H27N3O4.C13H22N2O5.C11H17N2O4.C10H19N3O2.K.H2O/c1-19(2,3)23-16(26)18(28)25-6-4-24(5-7-25)17(27)15-9-11-8-12(20)13(21)10-14(11)22-15;1-14(2,3)16-11(19)12(20)17-7-9-18(10-8-17)13(21)22-15(4,5)6;1-5-19-11(17)10(16)14-6-8-15(9-7-14)12(18)20-13(2,3)4;1-11(2,3)17-10(16)13-6-4-12(5-7-13)9(15)8-14;1-10(2,3)12-8(14)9(15)13-6-4-11-5-7-13;;/h8-10,22H,4-7H2,1-3H3,(H,23,26);7-10H2,1-6H3,(H,16,19);5-9H2,1-4H3;4-7H2,1-3H3;11H,4-7H2,1-3H3,(H,12,14);;1H2/q;;;-1;;+1;/p+1. The van der Waals surface area contributed by atoms with Crippen molar-refractivity contribution in [2.45, 2.75) is 165 Å². The molecule has 5 fully saturated rings. The smallest absolute Gasteiger partial charge is 0.532 e. The molecule has 8 N–H and O–H groups in total. The summed E-state index contributed by atoms with van der Waals surface area (Å²) in [7, 11) is 0. The molecular formula is C68H110F2KN14O19+. The van der Waals surface area contributed by atoms with Crippen molar-refractivity contribution in [2.75, 3.05) is 138 Å². The minimum Gasteiger partial charge on any atom is -0.532 e. The summed E-state index contributed by atoms with van der Waals surface area (Å²) < 4.78 is 47.1. The number of nitrogens with zero attached hydrogens (tertiary/aromatic N) is 9. The van der Waals surface area contributed by atoms with Gasteiger partial charge in [0.05, 0.1) is 6.61 Å². The Morgan fingerprint density at radius 3 is 1.02 bits per heavy atom. The number of fused-ring (bicyclic) bond motifs is 1. The maximum atomic E-state index is 13.3. The second-order valence-corrected chi connectivity index (χ2v) is 30.4. The molecule has 0 atom stereocenters. The zero-order chi connectivity index (χ0) is 77.6. The van der Waals surface area contributed by atoms with Crippen LogP contribution in [0.15, 0.2) is 18.2 Å². The first-order chi connectivity index (χ1) is 46.9. The number of carbonyl (C=O) groups excluding carboxylic acids is 14. The number of aromatic amines is 1. The van der Waals surface area contributed by atoms with Crippen molar-refractivity contribution in [3.8, 4) is 0 Å². The van der Waals surface area contributed by atoms with Crippen LogP contribution in [0.2, 0.25) is 0 Å². The van der Waals surface area contributed by atoms with Gasteiger partial charge in [-0.1, -0.05) is 0 Å². The number of carbonyl (C=O) groups is 13. The Hall–Kier alpha value is -7.64. The molecule has 0 aliphatic carbocycles. The van der Waals surface area contributed by atoms with Crippen LogP contribution in [0.1, 0.15) is 142 Å². The molecule has 36 heteroatoms. The fraction of sp³-hybridized carbons (Fsp3) is 0.676. The van der Waals surface area contributed by atoms with Gasteiger partial charge in [0.2, 0.25) is 0 Å². The molecular weight excluding hydrogens is 1390 g/mol. The van der Waals surface area contributed by atoms with Gasteiger partial charge in [-0.05, 0) is 144 Å². The number of rotatable bonds is 3. The van der Waals surface area contributed by atoms with E-state index < -0.39 is 105 Å². The van der Waals surface area contributed by atoms with Gasteiger partial charge >= 0.3 is 117 Å². The Labute approximate surface area is 650 Å². The molecule has 0 bridgehead atoms. The normalized spacial score (nSPS) is 15.8. The number of esters is 1. The van der Waals surface area contributed by atoms with E-state index in [0.29, 0.717) is 103 Å². The molecule has 0 unspecified atom stereocenters. The fourth-order valence-electron chi connectivity index (χ4n) is 9.65. The van der Waals surface area contributed by atoms with E-state index in [4.69, 9.17) is 14.2 Å². The number of ether oxygens (including phenoxy) is 4. The Bertz CT molecular complexity index is 3260. The summed E-state index contributed by atoms with van der Waals surface area (Å²) in [6.07, 6.45) is 0.138. The summed E-state index contributed by atoms with van der Waals surface area (Å²) in [5.74, 6) is -7.87. The molecule has 5 saturated heterocycles. The number of piperazine rings is 5. The topological polar surface area (TPSA) is 402 Å². The van der Waals surface area contributed by atoms with E-state index >= 15 is 0 Å². The molecule has 12 amide bonds. The molecule has 580 valence electrons. The van der Waals surface area contributed by atoms with Crippen LogP contribution in [0, 0.1) is 11.6 Å². The predicted molar refractivity (Wildman–Crippen MR) is 374 cm³/mol. The number of benzene rings is 1. The van der Waals surface area contributed by atoms with Crippen molar-refractivity contribution in [1.82, 2.24) is 70.4 Å². The molecule has 33 nitrogen and oxygen atoms in total. The zero-order valence-electron chi connectivity index (χ0n) is 64.3. The van der Waals surface area contributed by atoms with Gasteiger partial charge in [-0.3, -0.25) is 38.4 Å². The van der Waals surface area contributed by atoms with E-state index in [1.165, 1.54) is 46.7 Å². The number of nitrogens with one attached hydrogen (secondary N) is 5. The molecule has 0 radical (unpaired) electrons. The van der Waals surface area contributed by atoms with Gasteiger partial charge in [-0.15, -0.1) is 0 Å². The van der Waals surface area contributed by atoms with E-state index in [2.05, 4.69) is 31.0 Å². The van der Waals surface area contributed by atoms with Crippen molar-refractivity contribution >= 4 is 94.6 Å². The molecule has 0 spiro atoms. The Balaban J connectivity index is 0.000000658. The third-order valence-corrected chi connectivity index (χ3v) is 14.4. The third kappa shape index (κ3) is 34.1. The summed E-state index contributed by atoms with van der Waals surface area (Å²) >= 11 is 0. The Kier molecular flexibility index (Phi) is 37.5. The molecule has 5 aliphatic heterocycles. The van der Waals surface area contributed by atoms with Gasteiger partial charge in [0.15, 0.2) is 11.6 Å². The van der Waals surface area contributed by atoms with Crippen LogP contribution in [-0.2, 0) is 72.4 Å². The molecule has 7 rings (SSSR count). The second kappa shape index (κ2) is 41.3. The van der Waals surface area contributed by atoms with Gasteiger partial charge in [-0.2, -0.15) is 6.29 Å². The van der Waals surface area contributed by atoms with Crippen LogP contribution in [-0.4, -0.2) is 304 Å². The number of hydrogen-bond acceptors (Lipinski definition) is 19. The van der Waals surface area contributed by atoms with Gasteiger partial charge in [0.25, 0.3) is 5.91 Å². The van der Waals surface area contributed by atoms with Gasteiger partial charge < -0.3 is 104 Å². The van der Waals surface area contributed by atoms with Crippen molar-refractivity contribution in [2.24, 2.45) is 0 Å². The summed E-state index contributed by atoms with van der Waals surface area (Å²) in [6, 6.07) is 3.50. The third-order valence-electron chi connectivity index (χ3n) is 14.4. The van der Waals surface area contributed by atoms with Crippen molar-refractivity contribution < 1.29 is 152 Å². The molecule has 1 aromatic carbocycles. The minimum atomic E-state index is -0.992. The van der Waals surface area contributed by atoms with E-state index in [-0.39, 0.29) is 113 Å². The van der Waals surface area contributed by atoms with E-state index in [9.17, 15) is 75.9 Å². The average molecular weight is 1500 g/mol. The number of hydrogen-bond donors (Lipinski definition) is 5. The van der Waals surface area contributed by atoms with E-state index in [1.54, 1.807) is 79.0 Å². The van der Waals surface area contributed by atoms with Crippen LogP contribution in [0.3, 0.4) is 0 Å². The number of aromatic nitrogens is 1. The van der Waals surface area contributed by atoms with Crippen LogP contribution < -0.4 is 72.7 Å². The number of amides is 12. The summed E-state index contributed by atoms with van der Waals surface area (Å²) in [6.45, 7) is 42.2. The Morgan fingerprint density at radius 1 is 0.423 bits per heavy atom. The van der Waals surface area contributed by atoms with Crippen LogP contribution in [0.5, 0.6) is 0 Å². The summed E-state index contributed by atoms with van der Waals surface area (Å²) in [4.78, 5) is 180. The Morgan fingerprint density at radius 2 is 0.712 bits per heavy atom. The predicted octanol–water partition coefficient (Wildman–Crippen LogP) is -1.16. The van der Waals surface area contributed by atoms with Crippen LogP contribution in [0.25, 0.3) is 10.9 Å². The zero-order valence-corrected chi connectivity index (χ0v) is 67.4. The maximum absolute atomic E-state index is 13.3. The van der Waals surface area contributed by atoms with Gasteiger partial charge in [0.1, 0.15) is 28.4 Å². The van der Waals surface area contributed by atoms with Crippen molar-refractivity contribution in [3.63, 3.8) is 0 Å². The van der Waals surface area contributed by atoms with Crippen molar-refractivity contribution in [1.29, 1.82) is 0 Å². The molecule has 6 heterocycles. The molecule has 1 aromatic heterocycles. The van der Waals surface area contributed by atoms with Crippen LogP contribution >= 0.6 is 0 Å². The van der Waals surface area contributed by atoms with E-state index in [0.717, 1.165) is 25.2 Å².